The molecule has 1 atom stereocenters. The summed E-state index contributed by atoms with van der Waals surface area (Å²) in [5.41, 5.74) is 2.32. The summed E-state index contributed by atoms with van der Waals surface area (Å²) in [5.74, 6) is -1.01. The molecule has 0 spiro atoms. The molecule has 3 aromatic carbocycles. The van der Waals surface area contributed by atoms with Crippen molar-refractivity contribution in [1.82, 2.24) is 14.9 Å². The Morgan fingerprint density at radius 1 is 0.925 bits per heavy atom. The number of hydrogen-bond acceptors (Lipinski definition) is 5. The molecule has 0 aliphatic carbocycles. The third kappa shape index (κ3) is 9.25. The van der Waals surface area contributed by atoms with Crippen LogP contribution >= 0.6 is 0 Å². The van der Waals surface area contributed by atoms with Gasteiger partial charge < -0.3 is 15.3 Å². The monoisotopic (exact) mass is 569 g/mol. The van der Waals surface area contributed by atoms with Gasteiger partial charge in [0.05, 0.1) is 4.90 Å². The van der Waals surface area contributed by atoms with Gasteiger partial charge in [0.2, 0.25) is 21.8 Å². The Hall–Kier alpha value is -3.60. The molecular formula is C30H36FN3O5S. The van der Waals surface area contributed by atoms with Crippen molar-refractivity contribution in [2.75, 3.05) is 19.7 Å². The molecule has 1 unspecified atom stereocenters. The smallest absolute Gasteiger partial charge is 0.243 e. The Morgan fingerprint density at radius 3 is 2.20 bits per heavy atom. The zero-order valence-corrected chi connectivity index (χ0v) is 23.4. The molecule has 0 aliphatic rings. The lowest BCUT2D eigenvalue weighted by atomic mass is 10.0. The Bertz CT molecular complexity index is 1330. The molecule has 3 aromatic rings. The summed E-state index contributed by atoms with van der Waals surface area (Å²) < 4.78 is 40.5. The van der Waals surface area contributed by atoms with Crippen LogP contribution in [-0.2, 0) is 39.0 Å². The lowest BCUT2D eigenvalue weighted by Gasteiger charge is -2.31. The van der Waals surface area contributed by atoms with Crippen molar-refractivity contribution < 1.29 is 27.5 Å². The molecule has 10 heteroatoms. The Morgan fingerprint density at radius 2 is 1.57 bits per heavy atom. The molecule has 0 radical (unpaired) electrons. The molecule has 0 heterocycles. The van der Waals surface area contributed by atoms with Crippen molar-refractivity contribution in [2.45, 2.75) is 50.1 Å². The number of carbonyl (C=O) groups is 2. The minimum atomic E-state index is -3.58. The fraction of sp³-hybridized carbons (Fsp3) is 0.333. The van der Waals surface area contributed by atoms with Crippen molar-refractivity contribution in [3.8, 4) is 0 Å². The first-order valence-electron chi connectivity index (χ1n) is 13.3. The molecule has 2 amide bonds. The summed E-state index contributed by atoms with van der Waals surface area (Å²) in [5, 5.41) is 12.0. The summed E-state index contributed by atoms with van der Waals surface area (Å²) in [7, 11) is -3.58. The maximum absolute atomic E-state index is 13.7. The van der Waals surface area contributed by atoms with Crippen molar-refractivity contribution in [1.29, 1.82) is 0 Å². The molecule has 8 nitrogen and oxygen atoms in total. The highest BCUT2D eigenvalue weighted by atomic mass is 32.2. The quantitative estimate of drug-likeness (QED) is 0.243. The zero-order chi connectivity index (χ0) is 29.0. The molecule has 0 saturated heterocycles. The molecule has 3 N–H and O–H groups in total. The van der Waals surface area contributed by atoms with E-state index in [4.69, 9.17) is 5.11 Å². The lowest BCUT2D eigenvalue weighted by molar-refractivity contribution is -0.141. The summed E-state index contributed by atoms with van der Waals surface area (Å²) >= 11 is 0. The second-order valence-corrected chi connectivity index (χ2v) is 11.1. The van der Waals surface area contributed by atoms with Crippen LogP contribution in [0, 0.1) is 5.82 Å². The van der Waals surface area contributed by atoms with Gasteiger partial charge in [0, 0.05) is 39.1 Å². The third-order valence-electron chi connectivity index (χ3n) is 6.37. The Kier molecular flexibility index (Phi) is 11.8. The molecule has 0 aromatic heterocycles. The highest BCUT2D eigenvalue weighted by molar-refractivity contribution is 7.89. The number of nitrogens with one attached hydrogen (secondary N) is 2. The zero-order valence-electron chi connectivity index (χ0n) is 22.6. The average molecular weight is 570 g/mol. The largest absolute Gasteiger partial charge is 0.396 e. The van der Waals surface area contributed by atoms with Gasteiger partial charge in [-0.2, -0.15) is 0 Å². The van der Waals surface area contributed by atoms with E-state index < -0.39 is 21.9 Å². The second-order valence-electron chi connectivity index (χ2n) is 9.37. The average Bonchev–Trinajstić information content (AvgIpc) is 2.95. The molecule has 0 aliphatic heterocycles. The van der Waals surface area contributed by atoms with E-state index in [1.54, 1.807) is 31.2 Å². The van der Waals surface area contributed by atoms with Crippen LogP contribution in [0.15, 0.2) is 83.8 Å². The third-order valence-corrected chi connectivity index (χ3v) is 7.93. The van der Waals surface area contributed by atoms with E-state index in [0.717, 1.165) is 11.1 Å². The summed E-state index contributed by atoms with van der Waals surface area (Å²) in [6, 6.07) is 20.7. The number of carbonyl (C=O) groups excluding carboxylic acids is 2. The minimum absolute atomic E-state index is 0.0730. The number of amides is 2. The van der Waals surface area contributed by atoms with E-state index >= 15 is 0 Å². The van der Waals surface area contributed by atoms with Gasteiger partial charge >= 0.3 is 0 Å². The summed E-state index contributed by atoms with van der Waals surface area (Å²) in [4.78, 5) is 28.7. The second kappa shape index (κ2) is 15.3. The number of aliphatic hydroxyl groups excluding tert-OH is 1. The van der Waals surface area contributed by atoms with Gasteiger partial charge in [0.25, 0.3) is 0 Å². The molecule has 0 fully saturated rings. The van der Waals surface area contributed by atoms with Crippen molar-refractivity contribution in [3.63, 3.8) is 0 Å². The Balaban J connectivity index is 1.85. The van der Waals surface area contributed by atoms with Crippen LogP contribution in [0.3, 0.4) is 0 Å². The first kappa shape index (κ1) is 30.9. The molecule has 214 valence electrons. The summed E-state index contributed by atoms with van der Waals surface area (Å²) in [6.07, 6.45) is 1.07. The van der Waals surface area contributed by atoms with E-state index in [1.807, 2.05) is 30.3 Å². The van der Waals surface area contributed by atoms with Gasteiger partial charge in [0.1, 0.15) is 11.9 Å². The van der Waals surface area contributed by atoms with E-state index in [1.165, 1.54) is 29.2 Å². The fourth-order valence-corrected chi connectivity index (χ4v) is 5.29. The molecule has 3 rings (SSSR count). The van der Waals surface area contributed by atoms with Crippen molar-refractivity contribution >= 4 is 21.8 Å². The lowest BCUT2D eigenvalue weighted by Crippen LogP contribution is -2.50. The predicted molar refractivity (Wildman–Crippen MR) is 151 cm³/mol. The van der Waals surface area contributed by atoms with E-state index in [9.17, 15) is 22.4 Å². The number of aliphatic hydroxyl groups is 1. The molecule has 0 saturated carbocycles. The van der Waals surface area contributed by atoms with Crippen LogP contribution in [0.4, 0.5) is 4.39 Å². The highest BCUT2D eigenvalue weighted by Gasteiger charge is 2.30. The maximum atomic E-state index is 13.7. The van der Waals surface area contributed by atoms with Crippen molar-refractivity contribution in [3.05, 3.63) is 101 Å². The van der Waals surface area contributed by atoms with Gasteiger partial charge in [-0.15, -0.1) is 0 Å². The van der Waals surface area contributed by atoms with Crippen LogP contribution < -0.4 is 10.0 Å². The highest BCUT2D eigenvalue weighted by Crippen LogP contribution is 2.18. The van der Waals surface area contributed by atoms with E-state index in [2.05, 4.69) is 10.0 Å². The predicted octanol–water partition coefficient (Wildman–Crippen LogP) is 3.20. The number of sulfonamides is 1. The van der Waals surface area contributed by atoms with Gasteiger partial charge in [-0.25, -0.2) is 17.5 Å². The molecule has 40 heavy (non-hydrogen) atoms. The fourth-order valence-electron chi connectivity index (χ4n) is 4.25. The van der Waals surface area contributed by atoms with Gasteiger partial charge in [0.15, 0.2) is 0 Å². The van der Waals surface area contributed by atoms with Gasteiger partial charge in [-0.05, 0) is 53.8 Å². The van der Waals surface area contributed by atoms with Crippen LogP contribution in [0.5, 0.6) is 0 Å². The normalized spacial score (nSPS) is 12.1. The molecule has 0 bridgehead atoms. The van der Waals surface area contributed by atoms with Crippen LogP contribution in [0.2, 0.25) is 0 Å². The summed E-state index contributed by atoms with van der Waals surface area (Å²) in [6.45, 7) is 2.27. The van der Waals surface area contributed by atoms with E-state index in [0.29, 0.717) is 18.4 Å². The number of aryl methyl sites for hydroxylation is 1. The number of rotatable bonds is 15. The maximum Gasteiger partial charge on any atom is 0.243 e. The number of nitrogens with zero attached hydrogens (tertiary/aromatic N) is 1. The van der Waals surface area contributed by atoms with Gasteiger partial charge in [-0.3, -0.25) is 9.59 Å². The van der Waals surface area contributed by atoms with Crippen LogP contribution in [0.1, 0.15) is 36.5 Å². The number of benzene rings is 3. The molecular weight excluding hydrogens is 533 g/mol. The van der Waals surface area contributed by atoms with Crippen LogP contribution in [-0.4, -0.2) is 56.0 Å². The van der Waals surface area contributed by atoms with E-state index in [-0.39, 0.29) is 55.8 Å². The van der Waals surface area contributed by atoms with Gasteiger partial charge in [-0.1, -0.05) is 61.5 Å². The number of hydrogen-bond donors (Lipinski definition) is 3. The number of halogens is 1. The van der Waals surface area contributed by atoms with Crippen molar-refractivity contribution in [2.24, 2.45) is 0 Å². The Labute approximate surface area is 235 Å². The topological polar surface area (TPSA) is 116 Å². The SMILES string of the molecule is CCNS(=O)(=O)c1ccc(CCC(=O)N(Cc2ccc(F)cc2)C(Cc2ccccc2)C(=O)NCCCO)cc1. The first-order chi connectivity index (χ1) is 19.2. The minimum Gasteiger partial charge on any atom is -0.396 e. The standard InChI is InChI=1S/C30H36FN3O5S/c1-2-33-40(38,39)27-16-11-23(12-17-27)13-18-29(36)34(22-25-9-14-26(31)15-10-25)28(30(37)32-19-6-20-35)21-24-7-4-3-5-8-24/h3-5,7-12,14-17,28,33,35H,2,6,13,18-22H2,1H3,(H,32,37). The first-order valence-corrected chi connectivity index (χ1v) is 14.8. The van der Waals surface area contributed by atoms with Crippen LogP contribution in [0.25, 0.3) is 0 Å².